The molecular weight excluding hydrogens is 373 g/mol. The minimum atomic E-state index is -0.399. The summed E-state index contributed by atoms with van der Waals surface area (Å²) in [4.78, 5) is 14.0. The van der Waals surface area contributed by atoms with E-state index in [1.54, 1.807) is 19.6 Å². The lowest BCUT2D eigenvalue weighted by Gasteiger charge is -2.39. The van der Waals surface area contributed by atoms with Crippen molar-refractivity contribution in [1.29, 1.82) is 0 Å². The Balaban J connectivity index is 1.75. The van der Waals surface area contributed by atoms with Crippen molar-refractivity contribution in [3.63, 3.8) is 0 Å². The number of nitrogens with one attached hydrogen (secondary N) is 1. The van der Waals surface area contributed by atoms with Gasteiger partial charge in [-0.25, -0.2) is 14.4 Å². The van der Waals surface area contributed by atoms with Crippen LogP contribution in [0.4, 0.5) is 10.2 Å². The maximum absolute atomic E-state index is 14.5. The van der Waals surface area contributed by atoms with Gasteiger partial charge in [-0.15, -0.1) is 0 Å². The second-order valence-corrected chi connectivity index (χ2v) is 7.53. The van der Waals surface area contributed by atoms with Crippen molar-refractivity contribution in [2.75, 3.05) is 31.6 Å². The Bertz CT molecular complexity index is 1140. The number of aryl methyl sites for hydroxylation is 1. The summed E-state index contributed by atoms with van der Waals surface area (Å²) in [6.45, 7) is 4.95. The molecule has 0 spiro atoms. The first kappa shape index (κ1) is 17.8. The van der Waals surface area contributed by atoms with Crippen molar-refractivity contribution in [1.82, 2.24) is 39.2 Å². The van der Waals surface area contributed by atoms with Gasteiger partial charge >= 0.3 is 0 Å². The summed E-state index contributed by atoms with van der Waals surface area (Å²) in [7, 11) is 3.84. The van der Waals surface area contributed by atoms with Crippen molar-refractivity contribution in [2.45, 2.75) is 13.0 Å². The molecule has 0 unspecified atom stereocenters. The molecule has 5 heterocycles. The average molecular weight is 395 g/mol. The van der Waals surface area contributed by atoms with Crippen LogP contribution in [0.5, 0.6) is 0 Å². The van der Waals surface area contributed by atoms with Gasteiger partial charge in [0.1, 0.15) is 23.5 Å². The van der Waals surface area contributed by atoms with Crippen LogP contribution in [-0.2, 0) is 7.05 Å². The molecule has 150 valence electrons. The zero-order chi connectivity index (χ0) is 20.1. The molecule has 5 rings (SSSR count). The smallest absolute Gasteiger partial charge is 0.170 e. The van der Waals surface area contributed by atoms with Crippen LogP contribution in [0.1, 0.15) is 6.92 Å². The number of aromatic nitrogens is 7. The van der Waals surface area contributed by atoms with Crippen LogP contribution in [0.3, 0.4) is 0 Å². The minimum Gasteiger partial charge on any atom is -0.352 e. The van der Waals surface area contributed by atoms with Gasteiger partial charge in [0.05, 0.1) is 17.6 Å². The zero-order valence-electron chi connectivity index (χ0n) is 16.5. The van der Waals surface area contributed by atoms with E-state index in [1.807, 2.05) is 16.5 Å². The molecule has 0 bridgehead atoms. The van der Waals surface area contributed by atoms with Crippen molar-refractivity contribution >= 4 is 11.5 Å². The molecule has 9 nitrogen and oxygen atoms in total. The summed E-state index contributed by atoms with van der Waals surface area (Å²) in [6.07, 6.45) is 4.66. The first-order valence-corrected chi connectivity index (χ1v) is 9.54. The van der Waals surface area contributed by atoms with E-state index < -0.39 is 5.82 Å². The fraction of sp³-hybridized carbons (Fsp3) is 0.368. The fourth-order valence-corrected chi connectivity index (χ4v) is 4.05. The third-order valence-corrected chi connectivity index (χ3v) is 5.50. The van der Waals surface area contributed by atoms with Gasteiger partial charge in [0.25, 0.3) is 0 Å². The van der Waals surface area contributed by atoms with E-state index in [0.717, 1.165) is 31.1 Å². The van der Waals surface area contributed by atoms with E-state index in [0.29, 0.717) is 28.8 Å². The van der Waals surface area contributed by atoms with E-state index in [2.05, 4.69) is 44.1 Å². The van der Waals surface area contributed by atoms with E-state index in [-0.39, 0.29) is 0 Å². The molecule has 29 heavy (non-hydrogen) atoms. The zero-order valence-corrected chi connectivity index (χ0v) is 16.5. The number of fused-ring (bicyclic) bond motifs is 1. The normalized spacial score (nSPS) is 18.1. The van der Waals surface area contributed by atoms with Crippen molar-refractivity contribution in [3.8, 4) is 22.8 Å². The fourth-order valence-electron chi connectivity index (χ4n) is 4.05. The summed E-state index contributed by atoms with van der Waals surface area (Å²) in [5.74, 6) is 0.536. The molecule has 0 radical (unpaired) electrons. The van der Waals surface area contributed by atoms with Crippen LogP contribution in [0.2, 0.25) is 0 Å². The summed E-state index contributed by atoms with van der Waals surface area (Å²) < 4.78 is 18.0. The number of H-pyrrole nitrogens is 1. The number of hydrogen-bond acceptors (Lipinski definition) is 6. The monoisotopic (exact) mass is 395 g/mol. The molecular formula is C19H22FN9. The number of hydrogen-bond donors (Lipinski definition) is 1. The van der Waals surface area contributed by atoms with Gasteiger partial charge in [-0.2, -0.15) is 10.2 Å². The van der Waals surface area contributed by atoms with Crippen LogP contribution in [0.25, 0.3) is 28.4 Å². The number of anilines is 1. The van der Waals surface area contributed by atoms with E-state index in [9.17, 15) is 4.39 Å². The number of nitrogens with zero attached hydrogens (tertiary/aromatic N) is 8. The molecule has 0 amide bonds. The van der Waals surface area contributed by atoms with Gasteiger partial charge in [0.2, 0.25) is 0 Å². The predicted molar refractivity (Wildman–Crippen MR) is 107 cm³/mol. The van der Waals surface area contributed by atoms with Crippen molar-refractivity contribution < 1.29 is 4.39 Å². The van der Waals surface area contributed by atoms with Gasteiger partial charge < -0.3 is 9.80 Å². The largest absolute Gasteiger partial charge is 0.352 e. The molecule has 10 heteroatoms. The van der Waals surface area contributed by atoms with Gasteiger partial charge in [-0.1, -0.05) is 0 Å². The van der Waals surface area contributed by atoms with E-state index >= 15 is 0 Å². The number of piperazine rings is 1. The molecule has 1 fully saturated rings. The number of rotatable bonds is 3. The molecule has 0 saturated carbocycles. The van der Waals surface area contributed by atoms with Crippen LogP contribution in [0, 0.1) is 5.82 Å². The van der Waals surface area contributed by atoms with Crippen LogP contribution in [-0.4, -0.2) is 72.0 Å². The molecule has 1 saturated heterocycles. The third kappa shape index (κ3) is 2.87. The minimum absolute atomic E-state index is 0.293. The maximum atomic E-state index is 14.5. The van der Waals surface area contributed by atoms with Gasteiger partial charge in [-0.05, 0) is 20.0 Å². The second kappa shape index (κ2) is 6.66. The summed E-state index contributed by atoms with van der Waals surface area (Å²) in [6, 6.07) is 4.06. The SMILES string of the molecule is C[C@@H]1CN(C)CCN1c1cc(-c2c(F)cnn2C)nc2c(-c3ccn[nH]3)ncn12. The number of aromatic amines is 1. The predicted octanol–water partition coefficient (Wildman–Crippen LogP) is 1.80. The summed E-state index contributed by atoms with van der Waals surface area (Å²) >= 11 is 0. The Morgan fingerprint density at radius 3 is 2.79 bits per heavy atom. The van der Waals surface area contributed by atoms with Crippen molar-refractivity contribution in [2.24, 2.45) is 7.05 Å². The lowest BCUT2D eigenvalue weighted by molar-refractivity contribution is 0.274. The van der Waals surface area contributed by atoms with Gasteiger partial charge in [-0.3, -0.25) is 14.2 Å². The molecule has 1 aliphatic rings. The topological polar surface area (TPSA) is 83.2 Å². The molecule has 1 aliphatic heterocycles. The van der Waals surface area contributed by atoms with Crippen LogP contribution in [0.15, 0.2) is 30.9 Å². The number of likely N-dealkylation sites (N-methyl/N-ethyl adjacent to an activating group) is 1. The standard InChI is InChI=1S/C19H22FN9/c1-12-10-26(2)6-7-28(12)16-8-15(18-13(20)9-23-27(18)3)24-19-17(21-11-29(16)19)14-4-5-22-25-14/h4-5,8-9,11-12H,6-7,10H2,1-3H3,(H,22,25)/t12-/m1/s1. The van der Waals surface area contributed by atoms with Gasteiger partial charge in [0, 0.05) is 45.0 Å². The lowest BCUT2D eigenvalue weighted by Crippen LogP contribution is -2.51. The number of halogens is 1. The quantitative estimate of drug-likeness (QED) is 0.570. The Morgan fingerprint density at radius 1 is 1.24 bits per heavy atom. The maximum Gasteiger partial charge on any atom is 0.170 e. The highest BCUT2D eigenvalue weighted by Crippen LogP contribution is 2.31. The summed E-state index contributed by atoms with van der Waals surface area (Å²) in [5, 5.41) is 11.0. The molecule has 0 aliphatic carbocycles. The Labute approximate surface area is 166 Å². The highest BCUT2D eigenvalue weighted by Gasteiger charge is 2.26. The second-order valence-electron chi connectivity index (χ2n) is 7.53. The molecule has 1 N–H and O–H groups in total. The Morgan fingerprint density at radius 2 is 2.10 bits per heavy atom. The first-order valence-electron chi connectivity index (χ1n) is 9.54. The Kier molecular flexibility index (Phi) is 4.09. The first-order chi connectivity index (χ1) is 14.0. The molecule has 4 aromatic rings. The van der Waals surface area contributed by atoms with E-state index in [1.165, 1.54) is 10.9 Å². The third-order valence-electron chi connectivity index (χ3n) is 5.50. The highest BCUT2D eigenvalue weighted by atomic mass is 19.1. The van der Waals surface area contributed by atoms with Crippen LogP contribution >= 0.6 is 0 Å². The highest BCUT2D eigenvalue weighted by molar-refractivity contribution is 5.76. The molecule has 0 aromatic carbocycles. The van der Waals surface area contributed by atoms with Gasteiger partial charge in [0.15, 0.2) is 11.5 Å². The van der Waals surface area contributed by atoms with Crippen LogP contribution < -0.4 is 4.90 Å². The van der Waals surface area contributed by atoms with Crippen molar-refractivity contribution in [3.05, 3.63) is 36.7 Å². The lowest BCUT2D eigenvalue weighted by atomic mass is 10.2. The van der Waals surface area contributed by atoms with E-state index in [4.69, 9.17) is 4.98 Å². The Hall–Kier alpha value is -3.27. The molecule has 4 aromatic heterocycles. The summed E-state index contributed by atoms with van der Waals surface area (Å²) in [5.41, 5.74) is 2.97. The average Bonchev–Trinajstić information content (AvgIpc) is 3.41. The molecule has 1 atom stereocenters. The number of imidazole rings is 1.